The van der Waals surface area contributed by atoms with Gasteiger partial charge < -0.3 is 14.8 Å². The Bertz CT molecular complexity index is 594. The van der Waals surface area contributed by atoms with Gasteiger partial charge in [-0.3, -0.25) is 0 Å². The second-order valence-corrected chi connectivity index (χ2v) is 4.74. The van der Waals surface area contributed by atoms with Crippen LogP contribution < -0.4 is 10.2 Å². The lowest BCUT2D eigenvalue weighted by molar-refractivity contribution is 0.302. The summed E-state index contributed by atoms with van der Waals surface area (Å²) in [6.45, 7) is 4.15. The minimum atomic E-state index is -1.82. The van der Waals surface area contributed by atoms with Gasteiger partial charge in [0.1, 0.15) is 18.2 Å². The predicted octanol–water partition coefficient (Wildman–Crippen LogP) is 1.70. The zero-order valence-electron chi connectivity index (χ0n) is 11.4. The van der Waals surface area contributed by atoms with Gasteiger partial charge >= 0.3 is 7.12 Å². The highest BCUT2D eigenvalue weighted by molar-refractivity contribution is 6.58. The summed E-state index contributed by atoms with van der Waals surface area (Å²) in [5.41, 5.74) is 2.58. The topological polar surface area (TPSA) is 49.7 Å². The van der Waals surface area contributed by atoms with E-state index in [4.69, 9.17) is 14.8 Å². The quantitative estimate of drug-likeness (QED) is 0.834. The van der Waals surface area contributed by atoms with Gasteiger partial charge in [-0.2, -0.15) is 0 Å². The summed E-state index contributed by atoms with van der Waals surface area (Å²) >= 11 is 0. The van der Waals surface area contributed by atoms with E-state index >= 15 is 0 Å². The van der Waals surface area contributed by atoms with E-state index in [0.717, 1.165) is 16.9 Å². The van der Waals surface area contributed by atoms with E-state index in [9.17, 15) is 4.39 Å². The van der Waals surface area contributed by atoms with Crippen molar-refractivity contribution >= 4 is 12.6 Å². The summed E-state index contributed by atoms with van der Waals surface area (Å²) in [4.78, 5) is 0. The number of halogens is 1. The maximum absolute atomic E-state index is 13.4. The zero-order chi connectivity index (χ0) is 14.7. The summed E-state index contributed by atoms with van der Waals surface area (Å²) in [5, 5.41) is 18.2. The highest BCUT2D eigenvalue weighted by atomic mass is 19.1. The summed E-state index contributed by atoms with van der Waals surface area (Å²) in [5.74, 6) is 0.152. The van der Waals surface area contributed by atoms with Crippen LogP contribution in [-0.4, -0.2) is 17.2 Å². The molecule has 0 aromatic heterocycles. The molecule has 104 valence electrons. The Morgan fingerprint density at radius 2 is 1.75 bits per heavy atom. The molecule has 0 fully saturated rings. The molecule has 0 aliphatic heterocycles. The molecular weight excluding hydrogens is 258 g/mol. The van der Waals surface area contributed by atoms with Crippen molar-refractivity contribution in [2.24, 2.45) is 0 Å². The number of aryl methyl sites for hydroxylation is 2. The molecule has 20 heavy (non-hydrogen) atoms. The molecular formula is C15H16BFO3. The Morgan fingerprint density at radius 1 is 1.10 bits per heavy atom. The molecule has 0 saturated heterocycles. The van der Waals surface area contributed by atoms with Gasteiger partial charge in [-0.05, 0) is 36.6 Å². The normalized spacial score (nSPS) is 10.4. The van der Waals surface area contributed by atoms with Gasteiger partial charge in [0, 0.05) is 5.46 Å². The molecule has 2 aromatic carbocycles. The van der Waals surface area contributed by atoms with E-state index in [2.05, 4.69) is 0 Å². The molecule has 0 aliphatic carbocycles. The Labute approximate surface area is 117 Å². The Morgan fingerprint density at radius 3 is 2.35 bits per heavy atom. The van der Waals surface area contributed by atoms with E-state index in [-0.39, 0.29) is 12.1 Å². The first-order chi connectivity index (χ1) is 9.49. The van der Waals surface area contributed by atoms with Crippen molar-refractivity contribution in [3.8, 4) is 5.75 Å². The van der Waals surface area contributed by atoms with Crippen LogP contribution in [0.4, 0.5) is 4.39 Å². The molecule has 2 aromatic rings. The highest BCUT2D eigenvalue weighted by Crippen LogP contribution is 2.23. The molecule has 3 nitrogen and oxygen atoms in total. The fourth-order valence-corrected chi connectivity index (χ4v) is 2.06. The molecule has 2 N–H and O–H groups in total. The smallest absolute Gasteiger partial charge is 0.488 e. The molecule has 0 unspecified atom stereocenters. The van der Waals surface area contributed by atoms with E-state index in [0.29, 0.717) is 5.56 Å². The molecule has 0 saturated carbocycles. The molecule has 0 spiro atoms. The van der Waals surface area contributed by atoms with Crippen LogP contribution in [-0.2, 0) is 6.61 Å². The van der Waals surface area contributed by atoms with Crippen molar-refractivity contribution in [1.29, 1.82) is 0 Å². The first-order valence-corrected chi connectivity index (χ1v) is 6.32. The fraction of sp³-hybridized carbons (Fsp3) is 0.200. The van der Waals surface area contributed by atoms with Crippen LogP contribution in [0.5, 0.6) is 5.75 Å². The number of hydrogen-bond acceptors (Lipinski definition) is 3. The minimum absolute atomic E-state index is 0.146. The maximum Gasteiger partial charge on any atom is 0.491 e. The molecule has 0 amide bonds. The fourth-order valence-electron chi connectivity index (χ4n) is 2.06. The van der Waals surface area contributed by atoms with Crippen LogP contribution in [0, 0.1) is 19.7 Å². The molecule has 0 heterocycles. The van der Waals surface area contributed by atoms with Crippen molar-refractivity contribution in [2.45, 2.75) is 20.5 Å². The van der Waals surface area contributed by atoms with Crippen molar-refractivity contribution in [1.82, 2.24) is 0 Å². The van der Waals surface area contributed by atoms with Crippen LogP contribution in [0.3, 0.4) is 0 Å². The van der Waals surface area contributed by atoms with Crippen LogP contribution in [0.1, 0.15) is 16.7 Å². The Kier molecular flexibility index (Phi) is 4.42. The van der Waals surface area contributed by atoms with E-state index in [1.165, 1.54) is 12.1 Å². The second-order valence-electron chi connectivity index (χ2n) is 4.74. The second kappa shape index (κ2) is 6.07. The third-order valence-electron chi connectivity index (χ3n) is 3.13. The molecule has 0 atom stereocenters. The number of rotatable bonds is 4. The third-order valence-corrected chi connectivity index (χ3v) is 3.13. The van der Waals surface area contributed by atoms with Crippen molar-refractivity contribution in [3.63, 3.8) is 0 Å². The highest BCUT2D eigenvalue weighted by Gasteiger charge is 2.17. The average Bonchev–Trinajstić information content (AvgIpc) is 2.39. The SMILES string of the molecule is Cc1cccc(C)c1OCc1ccc(F)c(B(O)O)c1. The summed E-state index contributed by atoms with van der Waals surface area (Å²) in [6.07, 6.45) is 0. The maximum atomic E-state index is 13.4. The van der Waals surface area contributed by atoms with Gasteiger partial charge in [-0.25, -0.2) is 4.39 Å². The number of hydrogen-bond donors (Lipinski definition) is 2. The van der Waals surface area contributed by atoms with Gasteiger partial charge in [0.05, 0.1) is 0 Å². The lowest BCUT2D eigenvalue weighted by atomic mass is 9.79. The zero-order valence-corrected chi connectivity index (χ0v) is 11.4. The van der Waals surface area contributed by atoms with Crippen molar-refractivity contribution in [3.05, 3.63) is 58.9 Å². The molecule has 2 rings (SSSR count). The molecule has 0 radical (unpaired) electrons. The van der Waals surface area contributed by atoms with Crippen LogP contribution in [0.2, 0.25) is 0 Å². The standard InChI is InChI=1S/C15H16BFO3/c1-10-4-3-5-11(2)15(10)20-9-12-6-7-14(17)13(8-12)16(18)19/h3-8,18-19H,9H2,1-2H3. The first-order valence-electron chi connectivity index (χ1n) is 6.32. The molecule has 0 aliphatic rings. The number of para-hydroxylation sites is 1. The van der Waals surface area contributed by atoms with Crippen LogP contribution in [0.15, 0.2) is 36.4 Å². The number of benzene rings is 2. The van der Waals surface area contributed by atoms with Gasteiger partial charge in [0.2, 0.25) is 0 Å². The van der Waals surface area contributed by atoms with E-state index in [1.807, 2.05) is 32.0 Å². The third kappa shape index (κ3) is 3.18. The monoisotopic (exact) mass is 274 g/mol. The minimum Gasteiger partial charge on any atom is -0.488 e. The largest absolute Gasteiger partial charge is 0.491 e. The van der Waals surface area contributed by atoms with Gasteiger partial charge in [0.25, 0.3) is 0 Å². The van der Waals surface area contributed by atoms with Crippen LogP contribution >= 0.6 is 0 Å². The van der Waals surface area contributed by atoms with Gasteiger partial charge in [-0.1, -0.05) is 30.3 Å². The number of ether oxygens (including phenoxy) is 1. The summed E-state index contributed by atoms with van der Waals surface area (Å²) in [6, 6.07) is 10.0. The lowest BCUT2D eigenvalue weighted by Gasteiger charge is -2.12. The first kappa shape index (κ1) is 14.6. The molecule has 0 bridgehead atoms. The lowest BCUT2D eigenvalue weighted by Crippen LogP contribution is -2.33. The van der Waals surface area contributed by atoms with Crippen LogP contribution in [0.25, 0.3) is 0 Å². The predicted molar refractivity (Wildman–Crippen MR) is 76.5 cm³/mol. The van der Waals surface area contributed by atoms with E-state index in [1.54, 1.807) is 6.07 Å². The molecule has 5 heteroatoms. The average molecular weight is 274 g/mol. The van der Waals surface area contributed by atoms with Crippen molar-refractivity contribution in [2.75, 3.05) is 0 Å². The van der Waals surface area contributed by atoms with Crippen molar-refractivity contribution < 1.29 is 19.2 Å². The summed E-state index contributed by atoms with van der Waals surface area (Å²) < 4.78 is 19.1. The van der Waals surface area contributed by atoms with Gasteiger partial charge in [-0.15, -0.1) is 0 Å². The Hall–Kier alpha value is -1.85. The van der Waals surface area contributed by atoms with E-state index < -0.39 is 12.9 Å². The Balaban J connectivity index is 2.17. The van der Waals surface area contributed by atoms with Gasteiger partial charge in [0.15, 0.2) is 0 Å². The summed E-state index contributed by atoms with van der Waals surface area (Å²) in [7, 11) is -1.82.